The van der Waals surface area contributed by atoms with E-state index in [9.17, 15) is 14.7 Å². The highest BCUT2D eigenvalue weighted by Crippen LogP contribution is 2.23. The van der Waals surface area contributed by atoms with Gasteiger partial charge in [-0.25, -0.2) is 0 Å². The summed E-state index contributed by atoms with van der Waals surface area (Å²) in [7, 11) is 0. The van der Waals surface area contributed by atoms with Crippen molar-refractivity contribution in [2.75, 3.05) is 52.4 Å². The molecule has 2 N–H and O–H groups in total. The molecule has 0 spiro atoms. The van der Waals surface area contributed by atoms with Crippen LogP contribution < -0.4 is 0 Å². The SMILES string of the molecule is CCN(CCO)CC(O)CN1CCN(C(=O)/C=C/c2ccc(Cl)c(Cl)c2)CCC1=O. The normalized spacial score (nSPS) is 16.4. The van der Waals surface area contributed by atoms with Gasteiger partial charge in [0.15, 0.2) is 0 Å². The van der Waals surface area contributed by atoms with Crippen LogP contribution in [-0.4, -0.2) is 95.3 Å². The average molecular weight is 458 g/mol. The van der Waals surface area contributed by atoms with Crippen molar-refractivity contribution in [3.63, 3.8) is 0 Å². The number of rotatable bonds is 9. The van der Waals surface area contributed by atoms with Crippen LogP contribution in [0.3, 0.4) is 0 Å². The molecule has 2 amide bonds. The van der Waals surface area contributed by atoms with Crippen molar-refractivity contribution in [3.05, 3.63) is 39.9 Å². The Kier molecular flexibility index (Phi) is 10.1. The van der Waals surface area contributed by atoms with Crippen LogP contribution in [0.4, 0.5) is 0 Å². The molecule has 0 bridgehead atoms. The van der Waals surface area contributed by atoms with E-state index in [-0.39, 0.29) is 31.4 Å². The smallest absolute Gasteiger partial charge is 0.246 e. The fourth-order valence-electron chi connectivity index (χ4n) is 3.30. The molecular formula is C21H29Cl2N3O4. The minimum atomic E-state index is -0.711. The zero-order valence-electron chi connectivity index (χ0n) is 17.1. The minimum Gasteiger partial charge on any atom is -0.395 e. The molecule has 1 aliphatic rings. The first-order chi connectivity index (χ1) is 14.3. The standard InChI is InChI=1S/C21H29Cl2N3O4/c1-2-24(11-12-27)14-17(28)15-26-10-9-25(8-7-21(26)30)20(29)6-4-16-3-5-18(22)19(23)13-16/h3-6,13,17,27-28H,2,7-12,14-15H2,1H3/b6-4+. The lowest BCUT2D eigenvalue weighted by atomic mass is 10.2. The van der Waals surface area contributed by atoms with E-state index in [1.807, 2.05) is 11.8 Å². The van der Waals surface area contributed by atoms with Gasteiger partial charge in [0.05, 0.1) is 22.8 Å². The van der Waals surface area contributed by atoms with Crippen molar-refractivity contribution in [1.82, 2.24) is 14.7 Å². The first-order valence-corrected chi connectivity index (χ1v) is 10.8. The predicted octanol–water partition coefficient (Wildman–Crippen LogP) is 1.74. The van der Waals surface area contributed by atoms with Gasteiger partial charge in [0, 0.05) is 51.8 Å². The lowest BCUT2D eigenvalue weighted by Gasteiger charge is -2.27. The van der Waals surface area contributed by atoms with Crippen molar-refractivity contribution in [3.8, 4) is 0 Å². The highest BCUT2D eigenvalue weighted by molar-refractivity contribution is 6.42. The Hall–Kier alpha value is -1.64. The second-order valence-electron chi connectivity index (χ2n) is 7.19. The summed E-state index contributed by atoms with van der Waals surface area (Å²) in [6.07, 6.45) is 2.63. The second-order valence-corrected chi connectivity index (χ2v) is 8.01. The van der Waals surface area contributed by atoms with Gasteiger partial charge in [-0.2, -0.15) is 0 Å². The molecule has 9 heteroatoms. The molecule has 1 saturated heterocycles. The fraction of sp³-hybridized carbons (Fsp3) is 0.524. The van der Waals surface area contributed by atoms with E-state index < -0.39 is 6.10 Å². The van der Waals surface area contributed by atoms with Gasteiger partial charge in [-0.15, -0.1) is 0 Å². The molecule has 166 valence electrons. The Morgan fingerprint density at radius 1 is 1.27 bits per heavy atom. The Morgan fingerprint density at radius 2 is 2.03 bits per heavy atom. The molecule has 0 saturated carbocycles. The molecule has 1 atom stereocenters. The maximum Gasteiger partial charge on any atom is 0.246 e. The van der Waals surface area contributed by atoms with Gasteiger partial charge in [0.1, 0.15) is 0 Å². The fourth-order valence-corrected chi connectivity index (χ4v) is 3.61. The summed E-state index contributed by atoms with van der Waals surface area (Å²) in [5, 5.41) is 20.3. The molecule has 1 unspecified atom stereocenters. The molecule has 0 aliphatic carbocycles. The van der Waals surface area contributed by atoms with Crippen LogP contribution in [0, 0.1) is 0 Å². The molecule has 1 heterocycles. The number of halogens is 2. The van der Waals surface area contributed by atoms with E-state index >= 15 is 0 Å². The number of nitrogens with zero attached hydrogens (tertiary/aromatic N) is 3. The number of β-amino-alcohol motifs (C(OH)–C–C–N with tert-alkyl or cyclic N) is 1. The van der Waals surface area contributed by atoms with Gasteiger partial charge in [-0.1, -0.05) is 36.2 Å². The Balaban J connectivity index is 1.90. The van der Waals surface area contributed by atoms with Gasteiger partial charge in [-0.05, 0) is 30.3 Å². The first kappa shape index (κ1) is 24.6. The van der Waals surface area contributed by atoms with Gasteiger partial charge in [0.25, 0.3) is 0 Å². The van der Waals surface area contributed by atoms with Crippen LogP contribution >= 0.6 is 23.2 Å². The second kappa shape index (κ2) is 12.3. The molecular weight excluding hydrogens is 429 g/mol. The summed E-state index contributed by atoms with van der Waals surface area (Å²) < 4.78 is 0. The molecule has 2 rings (SSSR count). The maximum atomic E-state index is 12.5. The molecule has 1 aromatic rings. The summed E-state index contributed by atoms with van der Waals surface area (Å²) >= 11 is 11.9. The number of amides is 2. The van der Waals surface area contributed by atoms with Crippen molar-refractivity contribution in [2.45, 2.75) is 19.4 Å². The Labute approximate surface area is 187 Å². The summed E-state index contributed by atoms with van der Waals surface area (Å²) in [5.74, 6) is -0.264. The van der Waals surface area contributed by atoms with Crippen LogP contribution in [0.5, 0.6) is 0 Å². The predicted molar refractivity (Wildman–Crippen MR) is 118 cm³/mol. The Morgan fingerprint density at radius 3 is 2.70 bits per heavy atom. The van der Waals surface area contributed by atoms with Gasteiger partial charge < -0.3 is 20.0 Å². The lowest BCUT2D eigenvalue weighted by molar-refractivity contribution is -0.131. The van der Waals surface area contributed by atoms with E-state index in [4.69, 9.17) is 28.3 Å². The number of hydrogen-bond acceptors (Lipinski definition) is 5. The molecule has 0 aromatic heterocycles. The van der Waals surface area contributed by atoms with E-state index in [0.717, 1.165) is 5.56 Å². The highest BCUT2D eigenvalue weighted by atomic mass is 35.5. The number of carbonyl (C=O) groups is 2. The van der Waals surface area contributed by atoms with E-state index in [1.165, 1.54) is 6.08 Å². The Bertz CT molecular complexity index is 760. The number of likely N-dealkylation sites (N-methyl/N-ethyl adjacent to an activating group) is 1. The van der Waals surface area contributed by atoms with E-state index in [2.05, 4.69) is 0 Å². The molecule has 1 fully saturated rings. The van der Waals surface area contributed by atoms with Crippen LogP contribution in [0.15, 0.2) is 24.3 Å². The van der Waals surface area contributed by atoms with Crippen molar-refractivity contribution in [1.29, 1.82) is 0 Å². The summed E-state index contributed by atoms with van der Waals surface area (Å²) in [6, 6.07) is 5.12. The van der Waals surface area contributed by atoms with E-state index in [0.29, 0.717) is 49.3 Å². The van der Waals surface area contributed by atoms with Crippen molar-refractivity contribution in [2.24, 2.45) is 0 Å². The van der Waals surface area contributed by atoms with Crippen molar-refractivity contribution < 1.29 is 19.8 Å². The zero-order valence-corrected chi connectivity index (χ0v) is 18.6. The van der Waals surface area contributed by atoms with Crippen LogP contribution in [0.25, 0.3) is 6.08 Å². The first-order valence-electron chi connectivity index (χ1n) is 10.0. The highest BCUT2D eigenvalue weighted by Gasteiger charge is 2.25. The van der Waals surface area contributed by atoms with Crippen molar-refractivity contribution >= 4 is 41.1 Å². The molecule has 0 radical (unpaired) electrons. The maximum absolute atomic E-state index is 12.5. The number of hydrogen-bond donors (Lipinski definition) is 2. The third kappa shape index (κ3) is 7.56. The number of benzene rings is 1. The molecule has 1 aromatic carbocycles. The number of aliphatic hydroxyl groups excluding tert-OH is 2. The summed E-state index contributed by atoms with van der Waals surface area (Å²) in [6.45, 7) is 4.86. The van der Waals surface area contributed by atoms with Crippen LogP contribution in [-0.2, 0) is 9.59 Å². The van der Waals surface area contributed by atoms with E-state index in [1.54, 1.807) is 34.1 Å². The molecule has 30 heavy (non-hydrogen) atoms. The molecule has 7 nitrogen and oxygen atoms in total. The summed E-state index contributed by atoms with van der Waals surface area (Å²) in [5.41, 5.74) is 0.761. The number of carbonyl (C=O) groups excluding carboxylic acids is 2. The van der Waals surface area contributed by atoms with Crippen LogP contribution in [0.1, 0.15) is 18.9 Å². The van der Waals surface area contributed by atoms with Crippen LogP contribution in [0.2, 0.25) is 10.0 Å². The largest absolute Gasteiger partial charge is 0.395 e. The topological polar surface area (TPSA) is 84.3 Å². The zero-order chi connectivity index (χ0) is 22.1. The lowest BCUT2D eigenvalue weighted by Crippen LogP contribution is -2.44. The monoisotopic (exact) mass is 457 g/mol. The average Bonchev–Trinajstić information content (AvgIpc) is 2.90. The third-order valence-corrected chi connectivity index (χ3v) is 5.76. The third-order valence-electron chi connectivity index (χ3n) is 5.03. The molecule has 1 aliphatic heterocycles. The quantitative estimate of drug-likeness (QED) is 0.551. The van der Waals surface area contributed by atoms with Gasteiger partial charge in [0.2, 0.25) is 11.8 Å². The summed E-state index contributed by atoms with van der Waals surface area (Å²) in [4.78, 5) is 30.1. The van der Waals surface area contributed by atoms with Gasteiger partial charge in [-0.3, -0.25) is 14.5 Å². The minimum absolute atomic E-state index is 0.0238. The van der Waals surface area contributed by atoms with Gasteiger partial charge >= 0.3 is 0 Å². The number of aliphatic hydroxyl groups is 2.